The van der Waals surface area contributed by atoms with Gasteiger partial charge in [-0.05, 0) is 155 Å². The average Bonchev–Trinajstić information content (AvgIpc) is 1.54. The zero-order chi connectivity index (χ0) is 56.7. The lowest BCUT2D eigenvalue weighted by molar-refractivity contribution is 1.22. The highest BCUT2D eigenvalue weighted by atomic mass is 14.8. The van der Waals surface area contributed by atoms with Crippen LogP contribution in [0, 0.1) is 0 Å². The molecule has 2 nitrogen and oxygen atoms in total. The second-order valence-electron chi connectivity index (χ2n) is 22.5. The van der Waals surface area contributed by atoms with Crippen LogP contribution in [0.4, 0.5) is 0 Å². The third-order valence-corrected chi connectivity index (χ3v) is 17.9. The van der Waals surface area contributed by atoms with E-state index in [0.717, 1.165) is 33.3 Å². The number of hydrogen-bond donors (Lipinski definition) is 0. The molecular weight excluding hydrogens is 1040 g/mol. The molecule has 0 saturated heterocycles. The summed E-state index contributed by atoms with van der Waals surface area (Å²) in [5.74, 6) is 0. The van der Waals surface area contributed by atoms with Gasteiger partial charge in [-0.15, -0.1) is 0 Å². The van der Waals surface area contributed by atoms with Crippen LogP contribution in [0.5, 0.6) is 0 Å². The summed E-state index contributed by atoms with van der Waals surface area (Å²) in [6.45, 7) is 0. The Bertz CT molecular complexity index is 4560. The Balaban J connectivity index is 0.862. The summed E-state index contributed by atoms with van der Waals surface area (Å²) in [6.07, 6.45) is 3.98. The number of rotatable bonds is 10. The van der Waals surface area contributed by atoms with Crippen LogP contribution in [0.1, 0.15) is 0 Å². The van der Waals surface area contributed by atoms with Gasteiger partial charge in [0.1, 0.15) is 0 Å². The van der Waals surface area contributed by atoms with Crippen molar-refractivity contribution >= 4 is 21.5 Å². The van der Waals surface area contributed by atoms with Gasteiger partial charge in [0, 0.05) is 11.1 Å². The van der Waals surface area contributed by atoms with E-state index in [1.54, 1.807) is 0 Å². The largest absolute Gasteiger partial charge is 0.252 e. The number of fused-ring (bicyclic) bond motifs is 6. The van der Waals surface area contributed by atoms with Crippen LogP contribution in [0.15, 0.2) is 316 Å². The zero-order valence-corrected chi connectivity index (χ0v) is 46.9. The lowest BCUT2D eigenvalue weighted by Crippen LogP contribution is -1.99. The third-order valence-electron chi connectivity index (χ3n) is 17.9. The lowest BCUT2D eigenvalue weighted by atomic mass is 9.76. The predicted molar refractivity (Wildman–Crippen MR) is 360 cm³/mol. The number of nitrogens with zero attached hydrogens (tertiary/aromatic N) is 2. The molecule has 0 radical (unpaired) electrons. The summed E-state index contributed by atoms with van der Waals surface area (Å²) < 4.78 is 0. The van der Waals surface area contributed by atoms with Crippen molar-refractivity contribution in [1.82, 2.24) is 9.97 Å². The molecule has 0 N–H and O–H groups in total. The van der Waals surface area contributed by atoms with Crippen molar-refractivity contribution in [1.29, 1.82) is 0 Å². The Hall–Kier alpha value is -11.3. The highest BCUT2D eigenvalue weighted by Gasteiger charge is 2.37. The van der Waals surface area contributed by atoms with E-state index in [2.05, 4.69) is 303 Å². The summed E-state index contributed by atoms with van der Waals surface area (Å²) >= 11 is 0. The van der Waals surface area contributed by atoms with Crippen LogP contribution in [-0.4, -0.2) is 9.97 Å². The van der Waals surface area contributed by atoms with Crippen LogP contribution in [-0.2, 0) is 0 Å². The van der Waals surface area contributed by atoms with Crippen molar-refractivity contribution in [3.63, 3.8) is 0 Å². The normalized spacial score (nSPS) is 11.7. The van der Waals surface area contributed by atoms with E-state index in [-0.39, 0.29) is 0 Å². The maximum absolute atomic E-state index is 5.38. The summed E-state index contributed by atoms with van der Waals surface area (Å²) in [5, 5.41) is 4.75. The predicted octanol–water partition coefficient (Wildman–Crippen LogP) is 22.7. The standard InChI is InChI=1S/C84H52N2/c1-9-27-53(28-10-1)71-73(55-31-13-3-14-32-55)77(59-39-21-7-22-40-59)83-67-49-47-61(63-43-25-45-65(79(63)67)81(83)75(71)57-35-17-5-18-36-57)69-51-86-70(52-85-69)62-48-50-68-80-64(62)44-26-46-66(80)82-76(58-37-19-6-20-38-58)72(54-29-11-2-12-30-54)74(56-33-15-4-16-34-56)78(84(68)82)60-41-23-8-24-42-60/h1-52H. The molecular formula is C84H52N2. The third kappa shape index (κ3) is 7.67. The molecule has 0 saturated carbocycles. The van der Waals surface area contributed by atoms with Gasteiger partial charge in [0.05, 0.1) is 23.8 Å². The second kappa shape index (κ2) is 20.2. The highest BCUT2D eigenvalue weighted by molar-refractivity contribution is 6.29. The Morgan fingerprint density at radius 1 is 0.151 bits per heavy atom. The van der Waals surface area contributed by atoms with Gasteiger partial charge in [-0.25, -0.2) is 0 Å². The van der Waals surface area contributed by atoms with E-state index in [0.29, 0.717) is 0 Å². The Morgan fingerprint density at radius 2 is 0.349 bits per heavy atom. The lowest BCUT2D eigenvalue weighted by Gasteiger charge is -2.26. The summed E-state index contributed by atoms with van der Waals surface area (Å²) in [4.78, 5) is 10.8. The monoisotopic (exact) mass is 1090 g/mol. The van der Waals surface area contributed by atoms with E-state index in [1.165, 1.54) is 144 Å². The first kappa shape index (κ1) is 49.3. The molecule has 86 heavy (non-hydrogen) atoms. The molecule has 0 fully saturated rings. The fourth-order valence-corrected chi connectivity index (χ4v) is 14.4. The average molecular weight is 1090 g/mol. The Morgan fingerprint density at radius 3 is 0.570 bits per heavy atom. The van der Waals surface area contributed by atoms with Crippen molar-refractivity contribution in [3.8, 4) is 156 Å². The molecule has 0 bridgehead atoms. The second-order valence-corrected chi connectivity index (χ2v) is 22.5. The zero-order valence-electron chi connectivity index (χ0n) is 46.9. The summed E-state index contributed by atoms with van der Waals surface area (Å²) in [7, 11) is 0. The molecule has 2 aliphatic carbocycles. The maximum Gasteiger partial charge on any atom is 0.0891 e. The van der Waals surface area contributed by atoms with E-state index >= 15 is 0 Å². The first-order valence-electron chi connectivity index (χ1n) is 29.6. The van der Waals surface area contributed by atoms with Crippen LogP contribution in [0.25, 0.3) is 178 Å². The maximum atomic E-state index is 5.38. The summed E-state index contributed by atoms with van der Waals surface area (Å²) in [5.41, 5.74) is 32.9. The van der Waals surface area contributed by atoms with Gasteiger partial charge < -0.3 is 0 Å². The SMILES string of the molecule is c1ccc(-c2c(-c3ccccc3)c(-c3ccccc3)c3c(c2-c2ccccc2)-c2cccc4c(-c5cnc(-c6ccc7c8c(cccc68)-c6c(-c8ccccc8)c(-c8ccccc8)c(-c8ccccc8)c(-c8ccccc8)c6-7)cn5)ccc-3c24)cc1. The Labute approximate surface area is 500 Å². The summed E-state index contributed by atoms with van der Waals surface area (Å²) in [6, 6.07) is 111. The number of hydrogen-bond acceptors (Lipinski definition) is 2. The van der Waals surface area contributed by atoms with E-state index in [1.807, 2.05) is 12.4 Å². The molecule has 2 aliphatic rings. The van der Waals surface area contributed by atoms with Crippen molar-refractivity contribution < 1.29 is 0 Å². The first-order chi connectivity index (χ1) is 42.8. The number of aromatic nitrogens is 2. The fraction of sp³-hybridized carbons (Fsp3) is 0. The molecule has 1 heterocycles. The van der Waals surface area contributed by atoms with Gasteiger partial charge in [-0.3, -0.25) is 9.97 Å². The van der Waals surface area contributed by atoms with Gasteiger partial charge in [0.15, 0.2) is 0 Å². The van der Waals surface area contributed by atoms with E-state index in [9.17, 15) is 0 Å². The van der Waals surface area contributed by atoms with Crippen molar-refractivity contribution in [2.45, 2.75) is 0 Å². The fourth-order valence-electron chi connectivity index (χ4n) is 14.4. The van der Waals surface area contributed by atoms with Gasteiger partial charge in [-0.2, -0.15) is 0 Å². The molecule has 2 heteroatoms. The number of benzene rings is 14. The van der Waals surface area contributed by atoms with E-state index < -0.39 is 0 Å². The van der Waals surface area contributed by atoms with Gasteiger partial charge in [-0.1, -0.05) is 303 Å². The quantitative estimate of drug-likeness (QED) is 0.136. The smallest absolute Gasteiger partial charge is 0.0891 e. The van der Waals surface area contributed by atoms with Crippen LogP contribution in [0.3, 0.4) is 0 Å². The first-order valence-corrected chi connectivity index (χ1v) is 29.6. The minimum Gasteiger partial charge on any atom is -0.252 e. The van der Waals surface area contributed by atoms with Crippen molar-refractivity contribution in [3.05, 3.63) is 316 Å². The van der Waals surface area contributed by atoms with Crippen molar-refractivity contribution in [2.75, 3.05) is 0 Å². The van der Waals surface area contributed by atoms with Crippen LogP contribution < -0.4 is 0 Å². The molecule has 14 aromatic carbocycles. The molecule has 0 atom stereocenters. The van der Waals surface area contributed by atoms with Gasteiger partial charge in [0.2, 0.25) is 0 Å². The molecule has 0 aliphatic heterocycles. The molecule has 398 valence electrons. The molecule has 0 amide bonds. The van der Waals surface area contributed by atoms with Crippen molar-refractivity contribution in [2.24, 2.45) is 0 Å². The molecule has 17 rings (SSSR count). The molecule has 0 spiro atoms. The minimum absolute atomic E-state index is 0.829. The molecule has 1 aromatic heterocycles. The minimum atomic E-state index is 0.829. The van der Waals surface area contributed by atoms with E-state index in [4.69, 9.17) is 9.97 Å². The molecule has 0 unspecified atom stereocenters. The van der Waals surface area contributed by atoms with Gasteiger partial charge in [0.25, 0.3) is 0 Å². The topological polar surface area (TPSA) is 25.8 Å². The highest BCUT2D eigenvalue weighted by Crippen LogP contribution is 2.63. The van der Waals surface area contributed by atoms with Crippen LogP contribution in [0.2, 0.25) is 0 Å². The molecule has 15 aromatic rings. The van der Waals surface area contributed by atoms with Crippen LogP contribution >= 0.6 is 0 Å². The Kier molecular flexibility index (Phi) is 11.6. The van der Waals surface area contributed by atoms with Gasteiger partial charge >= 0.3 is 0 Å².